The van der Waals surface area contributed by atoms with E-state index in [2.05, 4.69) is 5.32 Å². The number of anilines is 1. The standard InChI is InChI=1S/C15H16N2O4/c18-13-6-5-11(16-13)15(21)17-8-9(7-14(19)20)10-3-1-2-4-12(10)17/h1-4,9,11H,5-8H2,(H,16,18)(H,19,20). The van der Waals surface area contributed by atoms with E-state index in [0.717, 1.165) is 11.3 Å². The predicted molar refractivity (Wildman–Crippen MR) is 75.0 cm³/mol. The van der Waals surface area contributed by atoms with E-state index in [1.54, 1.807) is 4.90 Å². The molecule has 0 saturated carbocycles. The molecule has 2 atom stereocenters. The number of rotatable bonds is 3. The fourth-order valence-electron chi connectivity index (χ4n) is 3.08. The van der Waals surface area contributed by atoms with Gasteiger partial charge in [0, 0.05) is 24.6 Å². The van der Waals surface area contributed by atoms with Crippen molar-refractivity contribution in [3.8, 4) is 0 Å². The predicted octanol–water partition coefficient (Wildman–Crippen LogP) is 0.870. The SMILES string of the molecule is O=C(O)CC1CN(C(=O)C2CCC(=O)N2)c2ccccc21. The second-order valence-corrected chi connectivity index (χ2v) is 5.46. The topological polar surface area (TPSA) is 86.7 Å². The molecule has 2 aliphatic rings. The first-order chi connectivity index (χ1) is 10.1. The average molecular weight is 288 g/mol. The van der Waals surface area contributed by atoms with Crippen LogP contribution in [0.3, 0.4) is 0 Å². The zero-order valence-electron chi connectivity index (χ0n) is 11.4. The highest BCUT2D eigenvalue weighted by molar-refractivity contribution is 6.02. The minimum atomic E-state index is -0.877. The molecule has 1 aromatic rings. The molecule has 0 bridgehead atoms. The molecule has 1 aromatic carbocycles. The lowest BCUT2D eigenvalue weighted by Crippen LogP contribution is -2.44. The maximum atomic E-state index is 12.6. The lowest BCUT2D eigenvalue weighted by atomic mass is 9.98. The molecule has 2 unspecified atom stereocenters. The van der Waals surface area contributed by atoms with Gasteiger partial charge in [0.25, 0.3) is 0 Å². The summed E-state index contributed by atoms with van der Waals surface area (Å²) in [6.45, 7) is 0.358. The van der Waals surface area contributed by atoms with Crippen LogP contribution in [0, 0.1) is 0 Å². The summed E-state index contributed by atoms with van der Waals surface area (Å²) in [7, 11) is 0. The Bertz CT molecular complexity index is 613. The maximum absolute atomic E-state index is 12.6. The summed E-state index contributed by atoms with van der Waals surface area (Å²) in [6, 6.07) is 6.87. The Morgan fingerprint density at radius 1 is 1.33 bits per heavy atom. The Morgan fingerprint density at radius 3 is 2.76 bits per heavy atom. The Kier molecular flexibility index (Phi) is 3.37. The van der Waals surface area contributed by atoms with Crippen LogP contribution in [0.2, 0.25) is 0 Å². The Labute approximate surface area is 121 Å². The molecule has 21 heavy (non-hydrogen) atoms. The number of fused-ring (bicyclic) bond motifs is 1. The largest absolute Gasteiger partial charge is 0.481 e. The van der Waals surface area contributed by atoms with Crippen LogP contribution in [0.25, 0.3) is 0 Å². The van der Waals surface area contributed by atoms with Gasteiger partial charge in [-0.2, -0.15) is 0 Å². The minimum absolute atomic E-state index is 0.00216. The van der Waals surface area contributed by atoms with Gasteiger partial charge >= 0.3 is 5.97 Å². The second-order valence-electron chi connectivity index (χ2n) is 5.46. The molecule has 2 amide bonds. The van der Waals surface area contributed by atoms with Crippen LogP contribution in [0.4, 0.5) is 5.69 Å². The van der Waals surface area contributed by atoms with Crippen molar-refractivity contribution in [1.29, 1.82) is 0 Å². The van der Waals surface area contributed by atoms with E-state index in [9.17, 15) is 14.4 Å². The summed E-state index contributed by atoms with van der Waals surface area (Å²) in [4.78, 5) is 36.4. The molecule has 6 heteroatoms. The van der Waals surface area contributed by atoms with Gasteiger partial charge < -0.3 is 15.3 Å². The number of carboxylic acids is 1. The monoisotopic (exact) mass is 288 g/mol. The maximum Gasteiger partial charge on any atom is 0.304 e. The van der Waals surface area contributed by atoms with Crippen molar-refractivity contribution < 1.29 is 19.5 Å². The minimum Gasteiger partial charge on any atom is -0.481 e. The Hall–Kier alpha value is -2.37. The van der Waals surface area contributed by atoms with Crippen molar-refractivity contribution in [2.24, 2.45) is 0 Å². The molecule has 3 rings (SSSR count). The smallest absolute Gasteiger partial charge is 0.304 e. The number of nitrogens with zero attached hydrogens (tertiary/aromatic N) is 1. The first-order valence-electron chi connectivity index (χ1n) is 6.97. The highest BCUT2D eigenvalue weighted by atomic mass is 16.4. The summed E-state index contributed by atoms with van der Waals surface area (Å²) >= 11 is 0. The first kappa shape index (κ1) is 13.6. The molecule has 0 spiro atoms. The van der Waals surface area contributed by atoms with Crippen LogP contribution >= 0.6 is 0 Å². The lowest BCUT2D eigenvalue weighted by Gasteiger charge is -2.21. The van der Waals surface area contributed by atoms with E-state index in [1.807, 2.05) is 24.3 Å². The first-order valence-corrected chi connectivity index (χ1v) is 6.97. The Morgan fingerprint density at radius 2 is 2.10 bits per heavy atom. The number of hydrogen-bond donors (Lipinski definition) is 2. The molecule has 2 N–H and O–H groups in total. The van der Waals surface area contributed by atoms with E-state index in [-0.39, 0.29) is 24.2 Å². The number of hydrogen-bond acceptors (Lipinski definition) is 3. The van der Waals surface area contributed by atoms with E-state index in [4.69, 9.17) is 5.11 Å². The van der Waals surface area contributed by atoms with E-state index in [1.165, 1.54) is 0 Å². The summed E-state index contributed by atoms with van der Waals surface area (Å²) < 4.78 is 0. The van der Waals surface area contributed by atoms with Crippen molar-refractivity contribution in [3.63, 3.8) is 0 Å². The molecule has 0 radical (unpaired) electrons. The third-order valence-corrected chi connectivity index (χ3v) is 4.05. The van der Waals surface area contributed by atoms with Gasteiger partial charge in [0.1, 0.15) is 6.04 Å². The average Bonchev–Trinajstić information content (AvgIpc) is 3.03. The fraction of sp³-hybridized carbons (Fsp3) is 0.400. The zero-order valence-corrected chi connectivity index (χ0v) is 11.4. The highest BCUT2D eigenvalue weighted by Crippen LogP contribution is 2.38. The van der Waals surface area contributed by atoms with Crippen LogP contribution in [0.1, 0.15) is 30.7 Å². The van der Waals surface area contributed by atoms with Crippen LogP contribution < -0.4 is 10.2 Å². The summed E-state index contributed by atoms with van der Waals surface area (Å²) in [6.07, 6.45) is 0.863. The molecule has 6 nitrogen and oxygen atoms in total. The summed E-state index contributed by atoms with van der Waals surface area (Å²) in [5, 5.41) is 11.7. The van der Waals surface area contributed by atoms with Crippen molar-refractivity contribution >= 4 is 23.5 Å². The lowest BCUT2D eigenvalue weighted by molar-refractivity contribution is -0.137. The number of carboxylic acid groups (broad SMARTS) is 1. The number of carbonyl (C=O) groups is 3. The zero-order chi connectivity index (χ0) is 15.0. The molecule has 2 heterocycles. The number of para-hydroxylation sites is 1. The van der Waals surface area contributed by atoms with E-state index in [0.29, 0.717) is 19.4 Å². The molecule has 0 aliphatic carbocycles. The van der Waals surface area contributed by atoms with Crippen molar-refractivity contribution in [2.45, 2.75) is 31.2 Å². The molecule has 0 aromatic heterocycles. The van der Waals surface area contributed by atoms with Crippen molar-refractivity contribution in [3.05, 3.63) is 29.8 Å². The van der Waals surface area contributed by atoms with Crippen LogP contribution in [-0.4, -0.2) is 35.5 Å². The van der Waals surface area contributed by atoms with Crippen molar-refractivity contribution in [1.82, 2.24) is 5.32 Å². The summed E-state index contributed by atoms with van der Waals surface area (Å²) in [5.41, 5.74) is 1.65. The molecule has 2 aliphatic heterocycles. The number of carbonyl (C=O) groups excluding carboxylic acids is 2. The third kappa shape index (κ3) is 2.49. The molecular weight excluding hydrogens is 272 g/mol. The normalized spacial score (nSPS) is 23.8. The molecule has 1 saturated heterocycles. The highest BCUT2D eigenvalue weighted by Gasteiger charge is 2.38. The number of benzene rings is 1. The fourth-order valence-corrected chi connectivity index (χ4v) is 3.08. The van der Waals surface area contributed by atoms with E-state index < -0.39 is 12.0 Å². The molecule has 1 fully saturated rings. The van der Waals surface area contributed by atoms with Crippen LogP contribution in [0.5, 0.6) is 0 Å². The van der Waals surface area contributed by atoms with Crippen LogP contribution in [0.15, 0.2) is 24.3 Å². The van der Waals surface area contributed by atoms with Gasteiger partial charge in [0.15, 0.2) is 0 Å². The van der Waals surface area contributed by atoms with Gasteiger partial charge in [0.2, 0.25) is 11.8 Å². The van der Waals surface area contributed by atoms with Gasteiger partial charge in [-0.15, -0.1) is 0 Å². The van der Waals surface area contributed by atoms with Gasteiger partial charge in [-0.25, -0.2) is 0 Å². The van der Waals surface area contributed by atoms with Crippen molar-refractivity contribution in [2.75, 3.05) is 11.4 Å². The van der Waals surface area contributed by atoms with Gasteiger partial charge in [0.05, 0.1) is 6.42 Å². The second kappa shape index (κ2) is 5.20. The number of nitrogens with one attached hydrogen (secondary N) is 1. The third-order valence-electron chi connectivity index (χ3n) is 4.05. The van der Waals surface area contributed by atoms with Gasteiger partial charge in [-0.1, -0.05) is 18.2 Å². The van der Waals surface area contributed by atoms with Gasteiger partial charge in [-0.3, -0.25) is 14.4 Å². The van der Waals surface area contributed by atoms with Crippen LogP contribution in [-0.2, 0) is 14.4 Å². The van der Waals surface area contributed by atoms with Gasteiger partial charge in [-0.05, 0) is 18.1 Å². The molecule has 110 valence electrons. The number of amides is 2. The van der Waals surface area contributed by atoms with E-state index >= 15 is 0 Å². The number of aliphatic carboxylic acids is 1. The molecular formula is C15H16N2O4. The Balaban J connectivity index is 1.85. The summed E-state index contributed by atoms with van der Waals surface area (Å²) in [5.74, 6) is -1.33. The quantitative estimate of drug-likeness (QED) is 0.864.